The van der Waals surface area contributed by atoms with Gasteiger partial charge in [-0.1, -0.05) is 17.3 Å². The first-order chi connectivity index (χ1) is 13.3. The number of carbonyl (C=O) groups excluding carboxylic acids is 1. The van der Waals surface area contributed by atoms with Crippen molar-refractivity contribution < 1.29 is 32.4 Å². The minimum atomic E-state index is -5.08. The highest BCUT2D eigenvalue weighted by Crippen LogP contribution is 2.25. The molecular formula is C17H14F3N3O4S. The number of alkyl halides is 3. The lowest BCUT2D eigenvalue weighted by atomic mass is 10.2. The molecule has 1 amide bonds. The van der Waals surface area contributed by atoms with Crippen molar-refractivity contribution in [2.75, 3.05) is 6.54 Å². The Morgan fingerprint density at radius 1 is 1.25 bits per heavy atom. The van der Waals surface area contributed by atoms with Crippen LogP contribution in [0.3, 0.4) is 0 Å². The maximum Gasteiger partial charge on any atom is 0.490 e. The molecule has 3 aromatic heterocycles. The monoisotopic (exact) mass is 413 g/mol. The molecule has 0 aliphatic carbocycles. The zero-order chi connectivity index (χ0) is 20.6. The molecule has 3 heterocycles. The average molecular weight is 413 g/mol. The molecule has 0 bridgehead atoms. The van der Waals surface area contributed by atoms with Crippen LogP contribution in [0.15, 0.2) is 52.6 Å². The standard InChI is InChI=1S/C15H13N3O2S.C2HF3O2/c19-15(17-7-5-11-3-1-6-16-10-11)12-9-13(20-18-12)14-4-2-8-21-14;3-2(4,5)1(6)7/h1-4,6,8-10H,5,7H2,(H,17,19);(H,6,7). The van der Waals surface area contributed by atoms with Crippen LogP contribution in [0.25, 0.3) is 10.6 Å². The van der Waals surface area contributed by atoms with Crippen LogP contribution in [0, 0.1) is 0 Å². The fourth-order valence-corrected chi connectivity index (χ4v) is 2.55. The molecule has 2 N–H and O–H groups in total. The van der Waals surface area contributed by atoms with Crippen molar-refractivity contribution >= 4 is 23.2 Å². The number of aliphatic carboxylic acids is 1. The van der Waals surface area contributed by atoms with Crippen molar-refractivity contribution in [1.29, 1.82) is 0 Å². The number of nitrogens with one attached hydrogen (secondary N) is 1. The highest BCUT2D eigenvalue weighted by atomic mass is 32.1. The minimum absolute atomic E-state index is 0.231. The molecule has 0 fully saturated rings. The lowest BCUT2D eigenvalue weighted by Crippen LogP contribution is -2.25. The number of halogens is 3. The van der Waals surface area contributed by atoms with Gasteiger partial charge in [0.05, 0.1) is 4.88 Å². The third-order valence-electron chi connectivity index (χ3n) is 3.17. The molecular weight excluding hydrogens is 399 g/mol. The van der Waals surface area contributed by atoms with Crippen LogP contribution >= 0.6 is 11.3 Å². The molecule has 11 heteroatoms. The van der Waals surface area contributed by atoms with E-state index in [0.29, 0.717) is 18.0 Å². The number of carbonyl (C=O) groups is 2. The molecule has 0 saturated carbocycles. The predicted octanol–water partition coefficient (Wildman–Crippen LogP) is 3.40. The molecule has 0 spiro atoms. The van der Waals surface area contributed by atoms with Crippen LogP contribution < -0.4 is 5.32 Å². The Labute approximate surface area is 160 Å². The van der Waals surface area contributed by atoms with E-state index in [9.17, 15) is 18.0 Å². The molecule has 0 atom stereocenters. The van der Waals surface area contributed by atoms with Gasteiger partial charge in [0, 0.05) is 25.0 Å². The maximum atomic E-state index is 12.0. The average Bonchev–Trinajstić information content (AvgIpc) is 3.34. The molecule has 28 heavy (non-hydrogen) atoms. The minimum Gasteiger partial charge on any atom is -0.475 e. The number of thiophene rings is 1. The predicted molar refractivity (Wildman–Crippen MR) is 93.8 cm³/mol. The van der Waals surface area contributed by atoms with E-state index in [1.54, 1.807) is 29.8 Å². The van der Waals surface area contributed by atoms with Gasteiger partial charge in [-0.05, 0) is 29.5 Å². The summed E-state index contributed by atoms with van der Waals surface area (Å²) >= 11 is 1.54. The van der Waals surface area contributed by atoms with Gasteiger partial charge < -0.3 is 14.9 Å². The number of carboxylic acids is 1. The number of hydrogen-bond acceptors (Lipinski definition) is 6. The Kier molecular flexibility index (Phi) is 7.27. The number of rotatable bonds is 5. The summed E-state index contributed by atoms with van der Waals surface area (Å²) in [4.78, 5) is 25.9. The van der Waals surface area contributed by atoms with E-state index in [2.05, 4.69) is 15.5 Å². The quantitative estimate of drug-likeness (QED) is 0.664. The van der Waals surface area contributed by atoms with E-state index in [1.165, 1.54) is 0 Å². The summed E-state index contributed by atoms with van der Waals surface area (Å²) in [6.45, 7) is 0.533. The van der Waals surface area contributed by atoms with Crippen molar-refractivity contribution in [1.82, 2.24) is 15.5 Å². The van der Waals surface area contributed by atoms with Crippen molar-refractivity contribution in [2.24, 2.45) is 0 Å². The third-order valence-corrected chi connectivity index (χ3v) is 4.06. The Bertz CT molecular complexity index is 896. The Morgan fingerprint density at radius 3 is 2.57 bits per heavy atom. The van der Waals surface area contributed by atoms with Crippen LogP contribution in [0.4, 0.5) is 13.2 Å². The van der Waals surface area contributed by atoms with Crippen molar-refractivity contribution in [2.45, 2.75) is 12.6 Å². The Balaban J connectivity index is 0.000000345. The van der Waals surface area contributed by atoms with Gasteiger partial charge in [0.15, 0.2) is 11.5 Å². The number of carboxylic acid groups (broad SMARTS) is 1. The van der Waals surface area contributed by atoms with E-state index >= 15 is 0 Å². The van der Waals surface area contributed by atoms with E-state index in [1.807, 2.05) is 29.6 Å². The second kappa shape index (κ2) is 9.65. The van der Waals surface area contributed by atoms with Gasteiger partial charge in [-0.2, -0.15) is 13.2 Å². The van der Waals surface area contributed by atoms with E-state index in [-0.39, 0.29) is 5.91 Å². The summed E-state index contributed by atoms with van der Waals surface area (Å²) in [5, 5.41) is 15.7. The van der Waals surface area contributed by atoms with Gasteiger partial charge in [0.2, 0.25) is 0 Å². The van der Waals surface area contributed by atoms with Crippen LogP contribution in [-0.2, 0) is 11.2 Å². The number of pyridine rings is 1. The molecule has 0 unspecified atom stereocenters. The largest absolute Gasteiger partial charge is 0.490 e. The smallest absolute Gasteiger partial charge is 0.475 e. The van der Waals surface area contributed by atoms with Crippen molar-refractivity contribution in [3.05, 3.63) is 59.4 Å². The summed E-state index contributed by atoms with van der Waals surface area (Å²) in [5.74, 6) is -2.37. The first-order valence-corrected chi connectivity index (χ1v) is 8.63. The van der Waals surface area contributed by atoms with E-state index in [4.69, 9.17) is 14.4 Å². The van der Waals surface area contributed by atoms with Crippen LogP contribution in [0.5, 0.6) is 0 Å². The summed E-state index contributed by atoms with van der Waals surface area (Å²) < 4.78 is 36.9. The van der Waals surface area contributed by atoms with Crippen LogP contribution in [-0.4, -0.2) is 39.8 Å². The number of aromatic nitrogens is 2. The van der Waals surface area contributed by atoms with Gasteiger partial charge in [-0.3, -0.25) is 9.78 Å². The van der Waals surface area contributed by atoms with E-state index < -0.39 is 12.1 Å². The zero-order valence-electron chi connectivity index (χ0n) is 14.1. The number of nitrogens with zero attached hydrogens (tertiary/aromatic N) is 2. The van der Waals surface area contributed by atoms with Gasteiger partial charge in [0.1, 0.15) is 0 Å². The zero-order valence-corrected chi connectivity index (χ0v) is 15.0. The molecule has 0 radical (unpaired) electrons. The molecule has 148 valence electrons. The van der Waals surface area contributed by atoms with Gasteiger partial charge in [-0.25, -0.2) is 4.79 Å². The molecule has 7 nitrogen and oxygen atoms in total. The summed E-state index contributed by atoms with van der Waals surface area (Å²) in [6, 6.07) is 9.36. The summed E-state index contributed by atoms with van der Waals surface area (Å²) in [5.41, 5.74) is 1.38. The van der Waals surface area contributed by atoms with Crippen LogP contribution in [0.2, 0.25) is 0 Å². The lowest BCUT2D eigenvalue weighted by Gasteiger charge is -2.02. The van der Waals surface area contributed by atoms with Gasteiger partial charge in [-0.15, -0.1) is 11.3 Å². The first-order valence-electron chi connectivity index (χ1n) is 7.75. The first kappa shape index (κ1) is 21.1. The van der Waals surface area contributed by atoms with Crippen LogP contribution in [0.1, 0.15) is 16.1 Å². The highest BCUT2D eigenvalue weighted by molar-refractivity contribution is 7.13. The maximum absolute atomic E-state index is 12.0. The molecule has 3 rings (SSSR count). The normalized spacial score (nSPS) is 10.7. The third kappa shape index (κ3) is 6.50. The Morgan fingerprint density at radius 2 is 2.00 bits per heavy atom. The second-order valence-electron chi connectivity index (χ2n) is 5.22. The number of hydrogen-bond donors (Lipinski definition) is 2. The van der Waals surface area contributed by atoms with Crippen molar-refractivity contribution in [3.63, 3.8) is 0 Å². The molecule has 0 aliphatic rings. The molecule has 0 aliphatic heterocycles. The fraction of sp³-hybridized carbons (Fsp3) is 0.176. The van der Waals surface area contributed by atoms with Gasteiger partial charge >= 0.3 is 12.1 Å². The molecule has 3 aromatic rings. The van der Waals surface area contributed by atoms with E-state index in [0.717, 1.165) is 16.9 Å². The highest BCUT2D eigenvalue weighted by Gasteiger charge is 2.38. The summed E-state index contributed by atoms with van der Waals surface area (Å²) in [7, 11) is 0. The lowest BCUT2D eigenvalue weighted by molar-refractivity contribution is -0.192. The SMILES string of the molecule is O=C(NCCc1cccnc1)c1cc(-c2cccs2)on1.O=C(O)C(F)(F)F. The topological polar surface area (TPSA) is 105 Å². The Hall–Kier alpha value is -3.21. The summed E-state index contributed by atoms with van der Waals surface area (Å²) in [6.07, 6.45) is -0.837. The number of amides is 1. The second-order valence-corrected chi connectivity index (χ2v) is 6.17. The fourth-order valence-electron chi connectivity index (χ4n) is 1.87. The molecule has 0 aromatic carbocycles. The molecule has 0 saturated heterocycles. The van der Waals surface area contributed by atoms with Gasteiger partial charge in [0.25, 0.3) is 5.91 Å². The van der Waals surface area contributed by atoms with Crippen molar-refractivity contribution in [3.8, 4) is 10.6 Å².